The van der Waals surface area contributed by atoms with Crippen LogP contribution in [0.1, 0.15) is 40.0 Å². The number of hydrogen-bond acceptors (Lipinski definition) is 4. The van der Waals surface area contributed by atoms with Crippen molar-refractivity contribution in [1.82, 2.24) is 4.90 Å². The lowest BCUT2D eigenvalue weighted by Gasteiger charge is -2.14. The third kappa shape index (κ3) is 4.45. The number of imide groups is 1. The Hall–Kier alpha value is -3.60. The van der Waals surface area contributed by atoms with Gasteiger partial charge < -0.3 is 9.47 Å². The fraction of sp³-hybridized carbons (Fsp3) is 0.231. The maximum atomic E-state index is 12.4. The van der Waals surface area contributed by atoms with Crippen molar-refractivity contribution in [3.05, 3.63) is 83.9 Å². The topological polar surface area (TPSA) is 55.8 Å². The van der Waals surface area contributed by atoms with Crippen molar-refractivity contribution < 1.29 is 19.1 Å². The second-order valence-electron chi connectivity index (χ2n) is 7.44. The molecule has 1 aliphatic rings. The molecule has 1 aliphatic heterocycles. The smallest absolute Gasteiger partial charge is 0.261 e. The summed E-state index contributed by atoms with van der Waals surface area (Å²) in [5, 5.41) is 0. The van der Waals surface area contributed by atoms with Crippen molar-refractivity contribution >= 4 is 11.8 Å². The van der Waals surface area contributed by atoms with Crippen LogP contribution in [0.2, 0.25) is 0 Å². The lowest BCUT2D eigenvalue weighted by Crippen LogP contribution is -2.30. The summed E-state index contributed by atoms with van der Waals surface area (Å²) in [6.07, 6.45) is 2.47. The van der Waals surface area contributed by atoms with E-state index in [0.29, 0.717) is 24.3 Å². The van der Waals surface area contributed by atoms with E-state index >= 15 is 0 Å². The van der Waals surface area contributed by atoms with E-state index in [1.807, 2.05) is 48.5 Å². The minimum atomic E-state index is -0.191. The van der Waals surface area contributed by atoms with E-state index in [1.54, 1.807) is 31.4 Å². The van der Waals surface area contributed by atoms with Crippen molar-refractivity contribution in [2.45, 2.75) is 19.3 Å². The van der Waals surface area contributed by atoms with Gasteiger partial charge in [-0.2, -0.15) is 0 Å². The standard InChI is InChI=1S/C26H25NO4/c1-30-24-15-14-20(18-23(24)19-10-4-2-5-11-19)31-17-9-3-8-16-27-25(28)21-12-6-7-13-22(21)26(27)29/h2,4-7,10-15,18H,3,8-9,16-17H2,1H3. The largest absolute Gasteiger partial charge is 0.496 e. The number of fused-ring (bicyclic) bond motifs is 1. The summed E-state index contributed by atoms with van der Waals surface area (Å²) in [6, 6.07) is 22.9. The van der Waals surface area contributed by atoms with Gasteiger partial charge in [0.25, 0.3) is 11.8 Å². The molecule has 0 atom stereocenters. The summed E-state index contributed by atoms with van der Waals surface area (Å²) in [5.74, 6) is 1.21. The molecular weight excluding hydrogens is 390 g/mol. The number of carbonyl (C=O) groups excluding carboxylic acids is 2. The Labute approximate surface area is 182 Å². The first kappa shape index (κ1) is 20.7. The lowest BCUT2D eigenvalue weighted by atomic mass is 10.0. The summed E-state index contributed by atoms with van der Waals surface area (Å²) < 4.78 is 11.4. The highest BCUT2D eigenvalue weighted by atomic mass is 16.5. The molecule has 0 fully saturated rings. The average Bonchev–Trinajstić information content (AvgIpc) is 3.06. The van der Waals surface area contributed by atoms with E-state index in [4.69, 9.17) is 9.47 Å². The van der Waals surface area contributed by atoms with E-state index in [1.165, 1.54) is 4.90 Å². The first-order valence-corrected chi connectivity index (χ1v) is 10.5. The Morgan fingerprint density at radius 3 is 2.10 bits per heavy atom. The van der Waals surface area contributed by atoms with Gasteiger partial charge in [-0.25, -0.2) is 0 Å². The molecule has 0 unspecified atom stereocenters. The minimum Gasteiger partial charge on any atom is -0.496 e. The molecule has 158 valence electrons. The number of ether oxygens (including phenoxy) is 2. The van der Waals surface area contributed by atoms with Crippen molar-refractivity contribution in [3.8, 4) is 22.6 Å². The Bertz CT molecular complexity index is 1040. The average molecular weight is 415 g/mol. The summed E-state index contributed by atoms with van der Waals surface area (Å²) in [7, 11) is 1.66. The van der Waals surface area contributed by atoms with Gasteiger partial charge in [0, 0.05) is 12.1 Å². The highest BCUT2D eigenvalue weighted by Gasteiger charge is 2.34. The van der Waals surface area contributed by atoms with Crippen LogP contribution in [0.4, 0.5) is 0 Å². The molecule has 1 heterocycles. The normalized spacial score (nSPS) is 12.7. The minimum absolute atomic E-state index is 0.191. The van der Waals surface area contributed by atoms with Gasteiger partial charge in [0.2, 0.25) is 0 Å². The van der Waals surface area contributed by atoms with Crippen LogP contribution >= 0.6 is 0 Å². The van der Waals surface area contributed by atoms with Crippen LogP contribution in [0.25, 0.3) is 11.1 Å². The van der Waals surface area contributed by atoms with Crippen LogP contribution in [0.5, 0.6) is 11.5 Å². The predicted octanol–water partition coefficient (Wildman–Crippen LogP) is 5.21. The van der Waals surface area contributed by atoms with Crippen LogP contribution in [0.3, 0.4) is 0 Å². The number of nitrogens with zero attached hydrogens (tertiary/aromatic N) is 1. The monoisotopic (exact) mass is 415 g/mol. The van der Waals surface area contributed by atoms with E-state index < -0.39 is 0 Å². The molecule has 0 N–H and O–H groups in total. The van der Waals surface area contributed by atoms with Crippen LogP contribution in [-0.4, -0.2) is 37.0 Å². The van der Waals surface area contributed by atoms with Crippen molar-refractivity contribution in [2.24, 2.45) is 0 Å². The van der Waals surface area contributed by atoms with Gasteiger partial charge in [-0.05, 0) is 55.2 Å². The Morgan fingerprint density at radius 2 is 1.42 bits per heavy atom. The molecule has 0 aliphatic carbocycles. The molecule has 3 aromatic carbocycles. The molecular formula is C26H25NO4. The molecule has 4 rings (SSSR count). The predicted molar refractivity (Wildman–Crippen MR) is 120 cm³/mol. The first-order chi connectivity index (χ1) is 15.2. The fourth-order valence-corrected chi connectivity index (χ4v) is 3.80. The Balaban J connectivity index is 1.26. The van der Waals surface area contributed by atoms with Gasteiger partial charge in [-0.3, -0.25) is 14.5 Å². The number of carbonyl (C=O) groups is 2. The quantitative estimate of drug-likeness (QED) is 0.356. The molecule has 31 heavy (non-hydrogen) atoms. The molecule has 2 amide bonds. The second-order valence-corrected chi connectivity index (χ2v) is 7.44. The SMILES string of the molecule is COc1ccc(OCCCCCN2C(=O)c3ccccc3C2=O)cc1-c1ccccc1. The van der Waals surface area contributed by atoms with Gasteiger partial charge in [0.05, 0.1) is 24.8 Å². The molecule has 0 bridgehead atoms. The van der Waals surface area contributed by atoms with Gasteiger partial charge in [0.1, 0.15) is 11.5 Å². The third-order valence-corrected chi connectivity index (χ3v) is 5.43. The first-order valence-electron chi connectivity index (χ1n) is 10.5. The summed E-state index contributed by atoms with van der Waals surface area (Å²) >= 11 is 0. The number of methoxy groups -OCH3 is 1. The number of hydrogen-bond donors (Lipinski definition) is 0. The molecule has 0 saturated carbocycles. The van der Waals surface area contributed by atoms with Crippen LogP contribution < -0.4 is 9.47 Å². The molecule has 5 nitrogen and oxygen atoms in total. The summed E-state index contributed by atoms with van der Waals surface area (Å²) in [5.41, 5.74) is 3.08. The highest BCUT2D eigenvalue weighted by Crippen LogP contribution is 2.33. The molecule has 0 radical (unpaired) electrons. The zero-order valence-electron chi connectivity index (χ0n) is 17.5. The van der Waals surface area contributed by atoms with Crippen LogP contribution in [-0.2, 0) is 0 Å². The van der Waals surface area contributed by atoms with Gasteiger partial charge >= 0.3 is 0 Å². The second kappa shape index (κ2) is 9.47. The Kier molecular flexibility index (Phi) is 6.32. The maximum absolute atomic E-state index is 12.4. The molecule has 3 aromatic rings. The van der Waals surface area contributed by atoms with E-state index in [9.17, 15) is 9.59 Å². The van der Waals surface area contributed by atoms with Gasteiger partial charge in [0.15, 0.2) is 0 Å². The van der Waals surface area contributed by atoms with Crippen LogP contribution in [0.15, 0.2) is 72.8 Å². The molecule has 0 spiro atoms. The van der Waals surface area contributed by atoms with E-state index in [0.717, 1.165) is 41.9 Å². The number of amides is 2. The van der Waals surface area contributed by atoms with Crippen molar-refractivity contribution in [2.75, 3.05) is 20.3 Å². The van der Waals surface area contributed by atoms with Crippen molar-refractivity contribution in [1.29, 1.82) is 0 Å². The fourth-order valence-electron chi connectivity index (χ4n) is 3.80. The van der Waals surface area contributed by atoms with Crippen molar-refractivity contribution in [3.63, 3.8) is 0 Å². The van der Waals surface area contributed by atoms with E-state index in [2.05, 4.69) is 0 Å². The maximum Gasteiger partial charge on any atom is 0.261 e. The third-order valence-electron chi connectivity index (χ3n) is 5.43. The molecule has 0 aromatic heterocycles. The molecule has 0 saturated heterocycles. The van der Waals surface area contributed by atoms with Gasteiger partial charge in [-0.15, -0.1) is 0 Å². The van der Waals surface area contributed by atoms with Gasteiger partial charge in [-0.1, -0.05) is 42.5 Å². The Morgan fingerprint density at radius 1 is 0.742 bits per heavy atom. The van der Waals surface area contributed by atoms with E-state index in [-0.39, 0.29) is 11.8 Å². The number of benzene rings is 3. The summed E-state index contributed by atoms with van der Waals surface area (Å²) in [4.78, 5) is 26.1. The molecule has 5 heteroatoms. The zero-order valence-corrected chi connectivity index (χ0v) is 17.5. The van der Waals surface area contributed by atoms with Crippen LogP contribution in [0, 0.1) is 0 Å². The number of unbranched alkanes of at least 4 members (excludes halogenated alkanes) is 2. The number of rotatable bonds is 9. The highest BCUT2D eigenvalue weighted by molar-refractivity contribution is 6.21. The lowest BCUT2D eigenvalue weighted by molar-refractivity contribution is 0.0651. The zero-order chi connectivity index (χ0) is 21.6. The summed E-state index contributed by atoms with van der Waals surface area (Å²) in [6.45, 7) is 1.01.